The normalized spacial score (nSPS) is 11.1. The topological polar surface area (TPSA) is 57.4 Å². The number of fused-ring (bicyclic) bond motifs is 1. The monoisotopic (exact) mass is 290 g/mol. The lowest BCUT2D eigenvalue weighted by atomic mass is 10.0. The Morgan fingerprint density at radius 3 is 2.63 bits per heavy atom. The zero-order valence-electron chi connectivity index (χ0n) is 10.4. The minimum Gasteiger partial charge on any atom is -0.282 e. The molecule has 2 N–H and O–H groups in total. The Kier molecular flexibility index (Phi) is 2.88. The Hall–Kier alpha value is -1.72. The van der Waals surface area contributed by atoms with E-state index in [2.05, 4.69) is 20.2 Å². The standard InChI is InChI=1S/C13H11ClN4S/c1-6-5-9(12-16-13(19)18-17-12)8-3-4-10(14)7(2)11(8)15-6/h3-5H,1-2H3,(H2,16,17,18,19). The van der Waals surface area contributed by atoms with Crippen molar-refractivity contribution >= 4 is 34.7 Å². The molecule has 0 radical (unpaired) electrons. The Bertz CT molecular complexity index is 834. The number of nitrogens with one attached hydrogen (secondary N) is 2. The number of hydrogen-bond acceptors (Lipinski definition) is 3. The van der Waals surface area contributed by atoms with Crippen LogP contribution in [0, 0.1) is 18.6 Å². The molecule has 3 aromatic rings. The molecule has 0 amide bonds. The summed E-state index contributed by atoms with van der Waals surface area (Å²) in [4.78, 5) is 8.83. The molecule has 0 aliphatic rings. The summed E-state index contributed by atoms with van der Waals surface area (Å²) in [6, 6.07) is 5.82. The van der Waals surface area contributed by atoms with Crippen molar-refractivity contribution in [1.29, 1.82) is 0 Å². The van der Waals surface area contributed by atoms with Crippen molar-refractivity contribution in [3.8, 4) is 11.4 Å². The van der Waals surface area contributed by atoms with E-state index < -0.39 is 0 Å². The highest BCUT2D eigenvalue weighted by atomic mass is 35.5. The predicted octanol–water partition coefficient (Wildman–Crippen LogP) is 3.95. The molecule has 0 atom stereocenters. The van der Waals surface area contributed by atoms with E-state index in [1.54, 1.807) is 0 Å². The molecule has 0 bridgehead atoms. The lowest BCUT2D eigenvalue weighted by Gasteiger charge is -2.08. The molecule has 1 aromatic carbocycles. The van der Waals surface area contributed by atoms with Gasteiger partial charge in [0.1, 0.15) is 0 Å². The van der Waals surface area contributed by atoms with Crippen LogP contribution in [-0.2, 0) is 0 Å². The fraction of sp³-hybridized carbons (Fsp3) is 0.154. The van der Waals surface area contributed by atoms with Crippen LogP contribution in [0.25, 0.3) is 22.3 Å². The van der Waals surface area contributed by atoms with Crippen LogP contribution in [0.3, 0.4) is 0 Å². The third-order valence-electron chi connectivity index (χ3n) is 3.05. The second kappa shape index (κ2) is 4.43. The van der Waals surface area contributed by atoms with Gasteiger partial charge in [0.25, 0.3) is 0 Å². The van der Waals surface area contributed by atoms with E-state index in [1.165, 1.54) is 0 Å². The number of H-pyrrole nitrogens is 2. The van der Waals surface area contributed by atoms with Gasteiger partial charge < -0.3 is 0 Å². The van der Waals surface area contributed by atoms with Crippen LogP contribution in [0.5, 0.6) is 0 Å². The molecular weight excluding hydrogens is 280 g/mol. The third-order valence-corrected chi connectivity index (χ3v) is 3.66. The summed E-state index contributed by atoms with van der Waals surface area (Å²) < 4.78 is 0.434. The zero-order chi connectivity index (χ0) is 13.6. The van der Waals surface area contributed by atoms with Crippen LogP contribution in [0.4, 0.5) is 0 Å². The van der Waals surface area contributed by atoms with Crippen molar-refractivity contribution in [3.05, 3.63) is 39.3 Å². The Balaban J connectivity index is 2.42. The number of rotatable bonds is 1. The summed E-state index contributed by atoms with van der Waals surface area (Å²) in [7, 11) is 0. The van der Waals surface area contributed by atoms with Crippen LogP contribution < -0.4 is 0 Å². The van der Waals surface area contributed by atoms with Crippen molar-refractivity contribution in [2.75, 3.05) is 0 Å². The number of hydrogen-bond donors (Lipinski definition) is 2. The molecule has 0 aliphatic heterocycles. The molecule has 19 heavy (non-hydrogen) atoms. The van der Waals surface area contributed by atoms with Gasteiger partial charge in [0.15, 0.2) is 5.82 Å². The van der Waals surface area contributed by atoms with Crippen LogP contribution in [0.1, 0.15) is 11.3 Å². The first-order valence-corrected chi connectivity index (χ1v) is 6.56. The first-order valence-electron chi connectivity index (χ1n) is 5.78. The molecule has 0 fully saturated rings. The molecule has 2 heterocycles. The average molecular weight is 291 g/mol. The summed E-state index contributed by atoms with van der Waals surface area (Å²) in [5, 5.41) is 7.50. The SMILES string of the molecule is Cc1cc(-c2nc(=S)[nH][nH]2)c2ccc(Cl)c(C)c2n1. The second-order valence-corrected chi connectivity index (χ2v) is 5.19. The van der Waals surface area contributed by atoms with Crippen LogP contribution in [0.15, 0.2) is 18.2 Å². The molecule has 2 aromatic heterocycles. The highest BCUT2D eigenvalue weighted by Crippen LogP contribution is 2.30. The third kappa shape index (κ3) is 2.05. The van der Waals surface area contributed by atoms with Crippen LogP contribution >= 0.6 is 23.8 Å². The molecule has 3 rings (SSSR count). The molecular formula is C13H11ClN4S. The van der Waals surface area contributed by atoms with E-state index in [1.807, 2.05) is 32.0 Å². The zero-order valence-corrected chi connectivity index (χ0v) is 12.0. The van der Waals surface area contributed by atoms with Gasteiger partial charge in [0.2, 0.25) is 4.77 Å². The molecule has 4 nitrogen and oxygen atoms in total. The molecule has 96 valence electrons. The van der Waals surface area contributed by atoms with Gasteiger partial charge in [-0.15, -0.1) is 0 Å². The van der Waals surface area contributed by atoms with Gasteiger partial charge >= 0.3 is 0 Å². The molecule has 0 saturated carbocycles. The lowest BCUT2D eigenvalue weighted by Crippen LogP contribution is -1.92. The highest BCUT2D eigenvalue weighted by molar-refractivity contribution is 7.71. The first-order chi connectivity index (χ1) is 9.06. The maximum Gasteiger partial charge on any atom is 0.213 e. The van der Waals surface area contributed by atoms with Gasteiger partial charge in [-0.25, -0.2) is 0 Å². The van der Waals surface area contributed by atoms with E-state index in [9.17, 15) is 0 Å². The van der Waals surface area contributed by atoms with Crippen molar-refractivity contribution in [2.24, 2.45) is 0 Å². The van der Waals surface area contributed by atoms with Gasteiger partial charge in [-0.3, -0.25) is 15.2 Å². The number of pyridine rings is 1. The lowest BCUT2D eigenvalue weighted by molar-refractivity contribution is 1.08. The number of aromatic amines is 2. The summed E-state index contributed by atoms with van der Waals surface area (Å²) >= 11 is 11.2. The van der Waals surface area contributed by atoms with Crippen molar-refractivity contribution < 1.29 is 0 Å². The predicted molar refractivity (Wildman–Crippen MR) is 79.0 cm³/mol. The molecule has 6 heteroatoms. The van der Waals surface area contributed by atoms with E-state index in [0.717, 1.165) is 27.7 Å². The number of aromatic nitrogens is 4. The summed E-state index contributed by atoms with van der Waals surface area (Å²) in [5.74, 6) is 0.710. The number of halogens is 1. The minimum absolute atomic E-state index is 0.434. The summed E-state index contributed by atoms with van der Waals surface area (Å²) in [6.07, 6.45) is 0. The average Bonchev–Trinajstić information content (AvgIpc) is 2.80. The highest BCUT2D eigenvalue weighted by Gasteiger charge is 2.12. The number of aryl methyl sites for hydroxylation is 2. The molecule has 0 spiro atoms. The van der Waals surface area contributed by atoms with Gasteiger partial charge in [0.05, 0.1) is 5.52 Å². The molecule has 0 unspecified atom stereocenters. The van der Waals surface area contributed by atoms with Gasteiger partial charge in [-0.1, -0.05) is 17.7 Å². The van der Waals surface area contributed by atoms with Crippen LogP contribution in [0.2, 0.25) is 5.02 Å². The van der Waals surface area contributed by atoms with Crippen molar-refractivity contribution in [1.82, 2.24) is 20.2 Å². The van der Waals surface area contributed by atoms with Gasteiger partial charge in [0, 0.05) is 21.7 Å². The fourth-order valence-corrected chi connectivity index (χ4v) is 2.42. The largest absolute Gasteiger partial charge is 0.282 e. The molecule has 0 aliphatic carbocycles. The summed E-state index contributed by atoms with van der Waals surface area (Å²) in [6.45, 7) is 3.91. The Morgan fingerprint density at radius 2 is 1.95 bits per heavy atom. The van der Waals surface area contributed by atoms with Crippen LogP contribution in [-0.4, -0.2) is 20.2 Å². The van der Waals surface area contributed by atoms with Crippen molar-refractivity contribution in [3.63, 3.8) is 0 Å². The Labute approximate surface area is 119 Å². The maximum atomic E-state index is 6.16. The van der Waals surface area contributed by atoms with E-state index in [0.29, 0.717) is 15.6 Å². The maximum absolute atomic E-state index is 6.16. The molecule has 0 saturated heterocycles. The quantitative estimate of drug-likeness (QED) is 0.667. The fourth-order valence-electron chi connectivity index (χ4n) is 2.13. The first kappa shape index (κ1) is 12.3. The van der Waals surface area contributed by atoms with E-state index >= 15 is 0 Å². The van der Waals surface area contributed by atoms with Gasteiger partial charge in [-0.05, 0) is 43.8 Å². The van der Waals surface area contributed by atoms with Crippen molar-refractivity contribution in [2.45, 2.75) is 13.8 Å². The summed E-state index contributed by atoms with van der Waals surface area (Å²) in [5.41, 5.74) is 3.74. The number of benzene rings is 1. The van der Waals surface area contributed by atoms with E-state index in [4.69, 9.17) is 23.8 Å². The Morgan fingerprint density at radius 1 is 1.16 bits per heavy atom. The van der Waals surface area contributed by atoms with E-state index in [-0.39, 0.29) is 0 Å². The number of nitrogens with zero attached hydrogens (tertiary/aromatic N) is 2. The minimum atomic E-state index is 0.434. The second-order valence-electron chi connectivity index (χ2n) is 4.40. The smallest absolute Gasteiger partial charge is 0.213 e. The van der Waals surface area contributed by atoms with Gasteiger partial charge in [-0.2, -0.15) is 4.98 Å².